The third-order valence-electron chi connectivity index (χ3n) is 10.5. The lowest BCUT2D eigenvalue weighted by molar-refractivity contribution is 0.572. The maximum Gasteiger partial charge on any atom is 0.159 e. The van der Waals surface area contributed by atoms with E-state index in [4.69, 9.17) is 4.42 Å². The summed E-state index contributed by atoms with van der Waals surface area (Å²) in [5.41, 5.74) is 15.9. The van der Waals surface area contributed by atoms with Crippen LogP contribution in [0.2, 0.25) is 0 Å². The second-order valence-electron chi connectivity index (χ2n) is 13.6. The Kier molecular flexibility index (Phi) is 5.17. The molecule has 0 amide bonds. The van der Waals surface area contributed by atoms with Gasteiger partial charge in [0.05, 0.1) is 11.4 Å². The van der Waals surface area contributed by atoms with Crippen molar-refractivity contribution in [3.8, 4) is 22.3 Å². The van der Waals surface area contributed by atoms with Crippen molar-refractivity contribution in [3.05, 3.63) is 136 Å². The molecule has 0 saturated carbocycles. The van der Waals surface area contributed by atoms with E-state index in [2.05, 4.69) is 148 Å². The molecule has 0 N–H and O–H groups in total. The van der Waals surface area contributed by atoms with Crippen LogP contribution < -0.4 is 15.5 Å². The van der Waals surface area contributed by atoms with Crippen LogP contribution in [0.3, 0.4) is 0 Å². The summed E-state index contributed by atoms with van der Waals surface area (Å²) in [6.07, 6.45) is 6.65. The van der Waals surface area contributed by atoms with Crippen molar-refractivity contribution < 1.29 is 4.42 Å². The fourth-order valence-electron chi connectivity index (χ4n) is 8.28. The van der Waals surface area contributed by atoms with E-state index < -0.39 is 0 Å². The first-order chi connectivity index (χ1) is 21.4. The van der Waals surface area contributed by atoms with Gasteiger partial charge in [0.15, 0.2) is 5.58 Å². The Labute approximate surface area is 258 Å². The number of hydrogen-bond donors (Lipinski definition) is 0. The van der Waals surface area contributed by atoms with Crippen LogP contribution in [0.25, 0.3) is 45.4 Å². The standard InChI is InChI=1S/C42H35NO/c1-41(2)33-18-9-6-15-31(33)39-34(41)19-12-20-36(39)43(37-21-11-16-30-29-14-7-10-22-38(29)44-40(30)37)26-23-24-28-27-13-5-8-17-32(27)42(3,4)35(28)25-26/h5-6,8-9,11-25H,7,10H2,1-4H3. The molecule has 1 aromatic heterocycles. The number of hydrogen-bond acceptors (Lipinski definition) is 2. The number of nitrogens with zero attached hydrogens (tertiary/aromatic N) is 1. The fourth-order valence-corrected chi connectivity index (χ4v) is 8.28. The maximum atomic E-state index is 6.73. The molecule has 1 heterocycles. The third-order valence-corrected chi connectivity index (χ3v) is 10.5. The molecule has 9 rings (SSSR count). The fraction of sp³-hybridized carbons (Fsp3) is 0.190. The van der Waals surface area contributed by atoms with E-state index in [0.717, 1.165) is 35.2 Å². The molecule has 0 unspecified atom stereocenters. The highest BCUT2D eigenvalue weighted by Crippen LogP contribution is 2.56. The molecular weight excluding hydrogens is 534 g/mol. The minimum absolute atomic E-state index is 0.0884. The van der Waals surface area contributed by atoms with Crippen molar-refractivity contribution in [2.75, 3.05) is 4.90 Å². The van der Waals surface area contributed by atoms with Crippen LogP contribution >= 0.6 is 0 Å². The highest BCUT2D eigenvalue weighted by molar-refractivity contribution is 6.01. The smallest absolute Gasteiger partial charge is 0.159 e. The molecule has 0 aliphatic heterocycles. The first-order valence-corrected chi connectivity index (χ1v) is 15.9. The Morgan fingerprint density at radius 3 is 2.05 bits per heavy atom. The molecule has 3 aliphatic carbocycles. The van der Waals surface area contributed by atoms with E-state index in [0.29, 0.717) is 0 Å². The van der Waals surface area contributed by atoms with Gasteiger partial charge in [-0.05, 0) is 82.1 Å². The molecule has 44 heavy (non-hydrogen) atoms. The lowest BCUT2D eigenvalue weighted by Gasteiger charge is -2.30. The van der Waals surface area contributed by atoms with Crippen molar-refractivity contribution in [3.63, 3.8) is 0 Å². The van der Waals surface area contributed by atoms with E-state index in [1.165, 1.54) is 60.8 Å². The van der Waals surface area contributed by atoms with Gasteiger partial charge in [-0.3, -0.25) is 0 Å². The summed E-state index contributed by atoms with van der Waals surface area (Å²) in [4.78, 5) is 2.47. The van der Waals surface area contributed by atoms with Crippen LogP contribution in [-0.2, 0) is 10.8 Å². The number of anilines is 3. The molecular formula is C42H35NO. The first-order valence-electron chi connectivity index (χ1n) is 15.9. The lowest BCUT2D eigenvalue weighted by Crippen LogP contribution is -2.21. The zero-order valence-electron chi connectivity index (χ0n) is 25.7. The average molecular weight is 570 g/mol. The SMILES string of the molecule is CC1(C)c2ccccc2-c2ccc(N(c3cccc4c3-c3ccccc3C4(C)C)c3cccc4c5c(oc34)=CCCC=5)cc21. The topological polar surface area (TPSA) is 16.4 Å². The molecule has 3 aliphatic rings. The second kappa shape index (κ2) is 8.86. The Morgan fingerprint density at radius 1 is 0.568 bits per heavy atom. The second-order valence-corrected chi connectivity index (χ2v) is 13.6. The summed E-state index contributed by atoms with van der Waals surface area (Å²) in [7, 11) is 0. The third kappa shape index (κ3) is 3.31. The summed E-state index contributed by atoms with van der Waals surface area (Å²) in [6.45, 7) is 9.43. The Bertz CT molecular complexity index is 2300. The number of furan rings is 1. The molecule has 0 bridgehead atoms. The molecule has 214 valence electrons. The zero-order valence-corrected chi connectivity index (χ0v) is 25.7. The summed E-state index contributed by atoms with van der Waals surface area (Å²) >= 11 is 0. The molecule has 0 spiro atoms. The van der Waals surface area contributed by atoms with Gasteiger partial charge in [-0.2, -0.15) is 0 Å². The number of benzene rings is 5. The van der Waals surface area contributed by atoms with Crippen LogP contribution in [0.15, 0.2) is 108 Å². The largest absolute Gasteiger partial charge is 0.454 e. The molecule has 6 aromatic rings. The van der Waals surface area contributed by atoms with Crippen LogP contribution in [0, 0.1) is 0 Å². The summed E-state index contributed by atoms with van der Waals surface area (Å²) in [6, 6.07) is 38.4. The normalized spacial score (nSPS) is 16.3. The van der Waals surface area contributed by atoms with Crippen LogP contribution in [0.1, 0.15) is 62.8 Å². The van der Waals surface area contributed by atoms with Crippen molar-refractivity contribution >= 4 is 40.2 Å². The number of rotatable bonds is 3. The van der Waals surface area contributed by atoms with Gasteiger partial charge in [-0.25, -0.2) is 0 Å². The summed E-state index contributed by atoms with van der Waals surface area (Å²) in [5.74, 6) is 0. The van der Waals surface area contributed by atoms with Crippen LogP contribution in [-0.4, -0.2) is 0 Å². The van der Waals surface area contributed by atoms with Gasteiger partial charge in [0.1, 0.15) is 5.42 Å². The van der Waals surface area contributed by atoms with E-state index in [9.17, 15) is 0 Å². The van der Waals surface area contributed by atoms with Crippen LogP contribution in [0.5, 0.6) is 0 Å². The van der Waals surface area contributed by atoms with Gasteiger partial charge in [-0.15, -0.1) is 0 Å². The molecule has 0 fully saturated rings. The van der Waals surface area contributed by atoms with Gasteiger partial charge < -0.3 is 9.32 Å². The van der Waals surface area contributed by atoms with Gasteiger partial charge >= 0.3 is 0 Å². The zero-order chi connectivity index (χ0) is 29.8. The van der Waals surface area contributed by atoms with Gasteiger partial charge in [0, 0.05) is 32.7 Å². The van der Waals surface area contributed by atoms with E-state index in [-0.39, 0.29) is 10.8 Å². The summed E-state index contributed by atoms with van der Waals surface area (Å²) in [5, 5.41) is 2.41. The molecule has 2 nitrogen and oxygen atoms in total. The monoisotopic (exact) mass is 569 g/mol. The van der Waals surface area contributed by atoms with Crippen molar-refractivity contribution in [2.24, 2.45) is 0 Å². The molecule has 0 radical (unpaired) electrons. The van der Waals surface area contributed by atoms with Crippen molar-refractivity contribution in [2.45, 2.75) is 51.4 Å². The van der Waals surface area contributed by atoms with E-state index in [1.807, 2.05) is 0 Å². The quantitative estimate of drug-likeness (QED) is 0.211. The average Bonchev–Trinajstić information content (AvgIpc) is 3.62. The Balaban J connectivity index is 1.36. The minimum atomic E-state index is -0.0967. The van der Waals surface area contributed by atoms with Crippen LogP contribution in [0.4, 0.5) is 17.1 Å². The van der Waals surface area contributed by atoms with Gasteiger partial charge in [0.25, 0.3) is 0 Å². The molecule has 0 saturated heterocycles. The maximum absolute atomic E-state index is 6.73. The first kappa shape index (κ1) is 25.7. The van der Waals surface area contributed by atoms with Crippen molar-refractivity contribution in [1.82, 2.24) is 0 Å². The van der Waals surface area contributed by atoms with E-state index >= 15 is 0 Å². The molecule has 2 heteroatoms. The Hall–Kier alpha value is -4.82. The lowest BCUT2D eigenvalue weighted by atomic mass is 9.82. The minimum Gasteiger partial charge on any atom is -0.454 e. The predicted molar refractivity (Wildman–Crippen MR) is 183 cm³/mol. The van der Waals surface area contributed by atoms with Gasteiger partial charge in [-0.1, -0.05) is 113 Å². The predicted octanol–water partition coefficient (Wildman–Crippen LogP) is 9.87. The van der Waals surface area contributed by atoms with Crippen molar-refractivity contribution in [1.29, 1.82) is 0 Å². The highest BCUT2D eigenvalue weighted by atomic mass is 16.3. The number of fused-ring (bicyclic) bond motifs is 9. The number of para-hydroxylation sites is 1. The van der Waals surface area contributed by atoms with E-state index in [1.54, 1.807) is 0 Å². The Morgan fingerprint density at radius 2 is 1.20 bits per heavy atom. The molecule has 5 aromatic carbocycles. The van der Waals surface area contributed by atoms with Gasteiger partial charge in [0.2, 0.25) is 0 Å². The molecule has 0 atom stereocenters. The summed E-state index contributed by atoms with van der Waals surface area (Å²) < 4.78 is 6.73. The highest BCUT2D eigenvalue weighted by Gasteiger charge is 2.39.